The molecule has 0 saturated carbocycles. The lowest BCUT2D eigenvalue weighted by molar-refractivity contribution is -0.127. The monoisotopic (exact) mass is 234 g/mol. The quantitative estimate of drug-likeness (QED) is 0.774. The highest BCUT2D eigenvalue weighted by Gasteiger charge is 2.19. The third-order valence-corrected chi connectivity index (χ3v) is 3.09. The van der Waals surface area contributed by atoms with E-state index in [-0.39, 0.29) is 5.91 Å². The van der Waals surface area contributed by atoms with Crippen LogP contribution in [0, 0.1) is 0 Å². The van der Waals surface area contributed by atoms with Crippen molar-refractivity contribution in [1.82, 2.24) is 4.90 Å². The maximum atomic E-state index is 11.8. The Kier molecular flexibility index (Phi) is 3.52. The summed E-state index contributed by atoms with van der Waals surface area (Å²) in [5.74, 6) is 0.998. The van der Waals surface area contributed by atoms with E-state index in [0.717, 1.165) is 30.9 Å². The molecule has 1 aromatic carbocycles. The van der Waals surface area contributed by atoms with Crippen molar-refractivity contribution < 1.29 is 9.53 Å². The Bertz CT molecular complexity index is 406. The molecule has 0 unspecified atom stereocenters. The lowest BCUT2D eigenvalue weighted by atomic mass is 10.2. The Hall–Kier alpha value is -1.71. The fourth-order valence-corrected chi connectivity index (χ4v) is 2.01. The van der Waals surface area contributed by atoms with Crippen molar-refractivity contribution in [3.63, 3.8) is 0 Å². The molecule has 0 aliphatic carbocycles. The molecular formula is C13H18N2O2. The fraction of sp³-hybridized carbons (Fsp3) is 0.462. The zero-order valence-electron chi connectivity index (χ0n) is 10.3. The summed E-state index contributed by atoms with van der Waals surface area (Å²) >= 11 is 0. The van der Waals surface area contributed by atoms with Crippen LogP contribution in [0.5, 0.6) is 5.75 Å². The van der Waals surface area contributed by atoms with Crippen molar-refractivity contribution in [3.05, 3.63) is 24.3 Å². The lowest BCUT2D eigenvalue weighted by Crippen LogP contribution is -2.34. The molecule has 92 valence electrons. The van der Waals surface area contributed by atoms with E-state index in [1.807, 2.05) is 31.3 Å². The number of methoxy groups -OCH3 is 1. The van der Waals surface area contributed by atoms with Gasteiger partial charge in [-0.3, -0.25) is 4.79 Å². The first-order chi connectivity index (χ1) is 8.20. The number of carbonyl (C=O) groups excluding carboxylic acids is 1. The van der Waals surface area contributed by atoms with Crippen LogP contribution in [-0.2, 0) is 4.79 Å². The van der Waals surface area contributed by atoms with Gasteiger partial charge in [-0.15, -0.1) is 0 Å². The number of anilines is 1. The van der Waals surface area contributed by atoms with Gasteiger partial charge in [-0.1, -0.05) is 6.07 Å². The molecule has 1 aliphatic heterocycles. The molecule has 1 heterocycles. The van der Waals surface area contributed by atoms with Gasteiger partial charge >= 0.3 is 0 Å². The van der Waals surface area contributed by atoms with Crippen molar-refractivity contribution in [2.75, 3.05) is 38.7 Å². The molecule has 0 N–H and O–H groups in total. The topological polar surface area (TPSA) is 32.8 Å². The van der Waals surface area contributed by atoms with Gasteiger partial charge in [0, 0.05) is 31.9 Å². The minimum absolute atomic E-state index is 0.172. The Labute approximate surface area is 102 Å². The van der Waals surface area contributed by atoms with Gasteiger partial charge in [0.25, 0.3) is 0 Å². The van der Waals surface area contributed by atoms with Crippen LogP contribution in [0.25, 0.3) is 0 Å². The number of hydrogen-bond donors (Lipinski definition) is 0. The van der Waals surface area contributed by atoms with E-state index >= 15 is 0 Å². The number of amides is 1. The summed E-state index contributed by atoms with van der Waals surface area (Å²) in [5, 5.41) is 0. The van der Waals surface area contributed by atoms with Crippen molar-refractivity contribution in [3.8, 4) is 5.75 Å². The van der Waals surface area contributed by atoms with Gasteiger partial charge in [-0.05, 0) is 18.6 Å². The molecule has 0 spiro atoms. The van der Waals surface area contributed by atoms with Crippen molar-refractivity contribution in [1.29, 1.82) is 0 Å². The summed E-state index contributed by atoms with van der Waals surface area (Å²) in [4.78, 5) is 15.7. The van der Waals surface area contributed by atoms with Crippen LogP contribution in [0.1, 0.15) is 6.42 Å². The summed E-state index contributed by atoms with van der Waals surface area (Å²) in [6.07, 6.45) is 0.999. The van der Waals surface area contributed by atoms with Crippen LogP contribution < -0.4 is 9.64 Å². The predicted molar refractivity (Wildman–Crippen MR) is 67.5 cm³/mol. The predicted octanol–water partition coefficient (Wildman–Crippen LogP) is 1.36. The smallest absolute Gasteiger partial charge is 0.241 e. The second kappa shape index (κ2) is 5.08. The SMILES string of the molecule is COc1cccc(N2CCCN(C)C(=O)C2)c1. The molecule has 1 saturated heterocycles. The summed E-state index contributed by atoms with van der Waals surface area (Å²) in [5.41, 5.74) is 1.05. The Balaban J connectivity index is 2.17. The van der Waals surface area contributed by atoms with Crippen LogP contribution in [0.2, 0.25) is 0 Å². The van der Waals surface area contributed by atoms with E-state index in [9.17, 15) is 4.79 Å². The van der Waals surface area contributed by atoms with Crippen molar-refractivity contribution >= 4 is 11.6 Å². The second-order valence-electron chi connectivity index (χ2n) is 4.29. The van der Waals surface area contributed by atoms with Gasteiger partial charge in [-0.2, -0.15) is 0 Å². The van der Waals surface area contributed by atoms with Crippen molar-refractivity contribution in [2.24, 2.45) is 0 Å². The maximum absolute atomic E-state index is 11.8. The summed E-state index contributed by atoms with van der Waals surface area (Å²) < 4.78 is 5.20. The molecule has 0 atom stereocenters. The minimum Gasteiger partial charge on any atom is -0.497 e. The van der Waals surface area contributed by atoms with Gasteiger partial charge in [0.15, 0.2) is 0 Å². The Morgan fingerprint density at radius 3 is 2.88 bits per heavy atom. The zero-order chi connectivity index (χ0) is 12.3. The van der Waals surface area contributed by atoms with Gasteiger partial charge in [-0.25, -0.2) is 0 Å². The minimum atomic E-state index is 0.172. The first kappa shape index (κ1) is 11.8. The molecule has 17 heavy (non-hydrogen) atoms. The molecule has 1 fully saturated rings. The molecule has 1 amide bonds. The van der Waals surface area contributed by atoms with E-state index < -0.39 is 0 Å². The lowest BCUT2D eigenvalue weighted by Gasteiger charge is -2.22. The van der Waals surface area contributed by atoms with E-state index in [2.05, 4.69) is 4.90 Å². The maximum Gasteiger partial charge on any atom is 0.241 e. The van der Waals surface area contributed by atoms with Gasteiger partial charge in [0.2, 0.25) is 5.91 Å². The molecule has 0 bridgehead atoms. The fourth-order valence-electron chi connectivity index (χ4n) is 2.01. The third-order valence-electron chi connectivity index (χ3n) is 3.09. The van der Waals surface area contributed by atoms with Gasteiger partial charge in [0.05, 0.1) is 13.7 Å². The Morgan fingerprint density at radius 2 is 2.12 bits per heavy atom. The molecule has 4 heteroatoms. The Morgan fingerprint density at radius 1 is 1.29 bits per heavy atom. The molecule has 0 aromatic heterocycles. The average molecular weight is 234 g/mol. The zero-order valence-corrected chi connectivity index (χ0v) is 10.3. The van der Waals surface area contributed by atoms with Crippen LogP contribution in [0.15, 0.2) is 24.3 Å². The standard InChI is InChI=1S/C13H18N2O2/c1-14-7-4-8-15(10-13(14)16)11-5-3-6-12(9-11)17-2/h3,5-6,9H,4,7-8,10H2,1-2H3. The number of carbonyl (C=O) groups is 1. The van der Waals surface area contributed by atoms with Gasteiger partial charge < -0.3 is 14.5 Å². The van der Waals surface area contributed by atoms with Crippen LogP contribution in [-0.4, -0.2) is 44.6 Å². The molecule has 0 radical (unpaired) electrons. The van der Waals surface area contributed by atoms with Crippen molar-refractivity contribution in [2.45, 2.75) is 6.42 Å². The summed E-state index contributed by atoms with van der Waals surface area (Å²) in [7, 11) is 3.51. The van der Waals surface area contributed by atoms with Crippen LogP contribution >= 0.6 is 0 Å². The molecule has 4 nitrogen and oxygen atoms in total. The summed E-state index contributed by atoms with van der Waals surface area (Å²) in [6.45, 7) is 2.19. The van der Waals surface area contributed by atoms with E-state index in [0.29, 0.717) is 6.54 Å². The second-order valence-corrected chi connectivity index (χ2v) is 4.29. The first-order valence-corrected chi connectivity index (χ1v) is 5.83. The highest BCUT2D eigenvalue weighted by atomic mass is 16.5. The number of likely N-dealkylation sites (N-methyl/N-ethyl adjacent to an activating group) is 1. The first-order valence-electron chi connectivity index (χ1n) is 5.83. The average Bonchev–Trinajstić information content (AvgIpc) is 2.52. The number of ether oxygens (including phenoxy) is 1. The highest BCUT2D eigenvalue weighted by Crippen LogP contribution is 2.22. The number of hydrogen-bond acceptors (Lipinski definition) is 3. The van der Waals surface area contributed by atoms with E-state index in [1.54, 1.807) is 12.0 Å². The molecular weight excluding hydrogens is 216 g/mol. The van der Waals surface area contributed by atoms with E-state index in [1.165, 1.54) is 0 Å². The third kappa shape index (κ3) is 2.70. The van der Waals surface area contributed by atoms with E-state index in [4.69, 9.17) is 4.74 Å². The molecule has 1 aliphatic rings. The number of rotatable bonds is 2. The largest absolute Gasteiger partial charge is 0.497 e. The summed E-state index contributed by atoms with van der Waals surface area (Å²) in [6, 6.07) is 7.85. The van der Waals surface area contributed by atoms with Gasteiger partial charge in [0.1, 0.15) is 5.75 Å². The van der Waals surface area contributed by atoms with Crippen LogP contribution in [0.4, 0.5) is 5.69 Å². The highest BCUT2D eigenvalue weighted by molar-refractivity contribution is 5.81. The molecule has 2 rings (SSSR count). The number of nitrogens with zero attached hydrogens (tertiary/aromatic N) is 2. The number of benzene rings is 1. The molecule has 1 aromatic rings. The normalized spacial score (nSPS) is 16.9. The van der Waals surface area contributed by atoms with Crippen LogP contribution in [0.3, 0.4) is 0 Å².